The number of phosphoric ester groups is 1. The molecule has 0 bridgehead atoms. The number of nitrogens with zero attached hydrogens (tertiary/aromatic N) is 5. The summed E-state index contributed by atoms with van der Waals surface area (Å²) in [5.74, 6) is -0.807. The van der Waals surface area contributed by atoms with Crippen molar-refractivity contribution < 1.29 is 92.4 Å². The van der Waals surface area contributed by atoms with Crippen LogP contribution in [0.3, 0.4) is 0 Å². The van der Waals surface area contributed by atoms with Crippen LogP contribution in [0.1, 0.15) is 16.7 Å². The number of hydrogen-bond donors (Lipinski definition) is 1. The normalized spacial score (nSPS) is 18.0. The first-order chi connectivity index (χ1) is 22.6. The Hall–Kier alpha value is -2.59. The van der Waals surface area contributed by atoms with Crippen molar-refractivity contribution >= 4 is 47.2 Å². The molecule has 244 valence electrons. The zero-order valence-electron chi connectivity index (χ0n) is 27.1. The molecule has 49 heavy (non-hydrogen) atoms. The van der Waals surface area contributed by atoms with E-state index in [-0.39, 0.29) is 116 Å². The molecular formula is C32H31N6Na2O7PS. The van der Waals surface area contributed by atoms with Crippen LogP contribution in [0, 0.1) is 0 Å². The fraction of sp³-hybridized carbons (Fsp3) is 0.250. The van der Waals surface area contributed by atoms with E-state index < -0.39 is 26.1 Å². The molecule has 4 amide bonds. The summed E-state index contributed by atoms with van der Waals surface area (Å²) in [6.45, 7) is 4.38. The van der Waals surface area contributed by atoms with Crippen LogP contribution in [0.2, 0.25) is 0 Å². The number of urea groups is 1. The number of thiazole rings is 1. The first-order valence-corrected chi connectivity index (χ1v) is 17.1. The molecule has 0 unspecified atom stereocenters. The van der Waals surface area contributed by atoms with Crippen LogP contribution in [0.5, 0.6) is 5.75 Å². The molecule has 2 aliphatic rings. The molecule has 0 aliphatic carbocycles. The van der Waals surface area contributed by atoms with E-state index in [9.17, 15) is 28.7 Å². The third kappa shape index (κ3) is 9.21. The smallest absolute Gasteiger partial charge is 0.780 e. The fourth-order valence-electron chi connectivity index (χ4n) is 6.02. The Morgan fingerprint density at radius 2 is 1.78 bits per heavy atom. The minimum Gasteiger partial charge on any atom is -0.780 e. The van der Waals surface area contributed by atoms with Crippen molar-refractivity contribution in [2.45, 2.75) is 31.7 Å². The molecule has 17 heteroatoms. The van der Waals surface area contributed by atoms with Crippen molar-refractivity contribution in [3.8, 4) is 5.75 Å². The zero-order valence-corrected chi connectivity index (χ0v) is 32.8. The van der Waals surface area contributed by atoms with Gasteiger partial charge in [-0.25, -0.2) is 19.8 Å². The molecule has 3 heterocycles. The third-order valence-corrected chi connectivity index (χ3v) is 9.27. The molecule has 1 aromatic heterocycles. The van der Waals surface area contributed by atoms with Crippen LogP contribution in [-0.4, -0.2) is 74.5 Å². The Morgan fingerprint density at radius 3 is 2.47 bits per heavy atom. The van der Waals surface area contributed by atoms with Crippen molar-refractivity contribution in [1.29, 1.82) is 0 Å². The summed E-state index contributed by atoms with van der Waals surface area (Å²) >= 11 is 1.49. The minimum absolute atomic E-state index is 0. The molecule has 2 atom stereocenters. The minimum atomic E-state index is -5.26. The second kappa shape index (κ2) is 17.1. The van der Waals surface area contributed by atoms with Gasteiger partial charge in [-0.2, -0.15) is 0 Å². The second-order valence-electron chi connectivity index (χ2n) is 11.1. The van der Waals surface area contributed by atoms with Crippen LogP contribution in [0.25, 0.3) is 10.2 Å². The Bertz CT molecular complexity index is 1840. The first kappa shape index (κ1) is 39.2. The molecule has 6 rings (SSSR count). The van der Waals surface area contributed by atoms with Gasteiger partial charge in [0.15, 0.2) is 0 Å². The number of rotatable bonds is 10. The summed E-state index contributed by atoms with van der Waals surface area (Å²) in [5, 5.41) is 6.09. The monoisotopic (exact) mass is 720 g/mol. The Kier molecular flexibility index (Phi) is 13.7. The standard InChI is InChI=1S/C32H33N6O7PS.2Na/c1-2-15-36-20-29(39)37-26(16-22-11-13-25(14-12-22)45-46(42,43)44)31(40)35(18-24-9-6-10-27-30(24)34-21-47-27)19-28(37)38(36)32(41)33-17-23-7-4-3-5-8-23;;/h2-14,21,26,28H,1,15-20H2,(H,33,41)(H2,42,43,44);;/q;2*+1/p-2/t26-,28-;;/m0../s1. The zero-order chi connectivity index (χ0) is 33.1. The van der Waals surface area contributed by atoms with Gasteiger partial charge in [-0.3, -0.25) is 9.59 Å². The number of aromatic nitrogens is 1. The van der Waals surface area contributed by atoms with Gasteiger partial charge in [0, 0.05) is 26.1 Å². The van der Waals surface area contributed by atoms with E-state index in [4.69, 9.17) is 0 Å². The van der Waals surface area contributed by atoms with Gasteiger partial charge in [0.1, 0.15) is 25.8 Å². The molecule has 0 spiro atoms. The summed E-state index contributed by atoms with van der Waals surface area (Å²) in [4.78, 5) is 71.8. The van der Waals surface area contributed by atoms with Crippen molar-refractivity contribution in [2.24, 2.45) is 0 Å². The van der Waals surface area contributed by atoms with E-state index in [1.807, 2.05) is 48.5 Å². The van der Waals surface area contributed by atoms with Crippen LogP contribution >= 0.6 is 19.2 Å². The van der Waals surface area contributed by atoms with Crippen molar-refractivity contribution in [3.05, 3.63) is 108 Å². The Labute approximate surface area is 331 Å². The molecule has 4 aromatic rings. The van der Waals surface area contributed by atoms with E-state index in [2.05, 4.69) is 21.4 Å². The number of phosphoric acid groups is 1. The maximum Gasteiger partial charge on any atom is 1.00 e. The first-order valence-electron chi connectivity index (χ1n) is 14.8. The number of hydrogen-bond acceptors (Lipinski definition) is 10. The number of nitrogens with one attached hydrogen (secondary N) is 1. The number of carbonyl (C=O) groups is 3. The van der Waals surface area contributed by atoms with Crippen molar-refractivity contribution in [2.75, 3.05) is 19.6 Å². The van der Waals surface area contributed by atoms with E-state index >= 15 is 0 Å². The number of fused-ring (bicyclic) bond motifs is 2. The largest absolute Gasteiger partial charge is 1.00 e. The summed E-state index contributed by atoms with van der Waals surface area (Å²) in [6, 6.07) is 19.5. The molecule has 0 radical (unpaired) electrons. The molecule has 3 aromatic carbocycles. The number of amides is 4. The molecule has 2 saturated heterocycles. The summed E-state index contributed by atoms with van der Waals surface area (Å²) < 4.78 is 16.5. The fourth-order valence-corrected chi connectivity index (χ4v) is 7.12. The quantitative estimate of drug-likeness (QED) is 0.0987. The number of para-hydroxylation sites is 1. The van der Waals surface area contributed by atoms with Gasteiger partial charge >= 0.3 is 65.1 Å². The Balaban J connectivity index is 0.00000270. The molecule has 13 nitrogen and oxygen atoms in total. The van der Waals surface area contributed by atoms with Gasteiger partial charge in [0.05, 0.1) is 28.8 Å². The number of piperazine rings is 1. The van der Waals surface area contributed by atoms with Gasteiger partial charge in [0.25, 0.3) is 0 Å². The third-order valence-electron chi connectivity index (χ3n) is 8.04. The predicted octanol–water partition coefficient (Wildman–Crippen LogP) is -3.75. The number of hydrazine groups is 1. The van der Waals surface area contributed by atoms with Gasteiger partial charge < -0.3 is 34.0 Å². The van der Waals surface area contributed by atoms with Crippen LogP contribution in [0.4, 0.5) is 4.79 Å². The SMILES string of the molecule is C=CCN1CC(=O)N2[C@@H](Cc3ccc(OP(=O)([O-])[O-])cc3)C(=O)N(Cc3cccc4scnc34)C[C@@H]2N1C(=O)NCc1ccccc1.[Na+].[Na+]. The molecule has 1 N–H and O–H groups in total. The van der Waals surface area contributed by atoms with Crippen LogP contribution in [0.15, 0.2) is 91.0 Å². The number of benzene rings is 3. The van der Waals surface area contributed by atoms with Crippen LogP contribution in [-0.2, 0) is 33.7 Å². The topological polar surface area (TPSA) is 162 Å². The maximum atomic E-state index is 14.3. The average molecular weight is 721 g/mol. The summed E-state index contributed by atoms with van der Waals surface area (Å²) in [6.07, 6.45) is 0.823. The second-order valence-corrected chi connectivity index (χ2v) is 13.1. The predicted molar refractivity (Wildman–Crippen MR) is 170 cm³/mol. The molecule has 2 aliphatic heterocycles. The van der Waals surface area contributed by atoms with E-state index in [0.717, 1.165) is 21.3 Å². The van der Waals surface area contributed by atoms with Gasteiger partial charge in [-0.15, -0.1) is 17.9 Å². The average Bonchev–Trinajstić information content (AvgIpc) is 3.53. The molecular weight excluding hydrogens is 689 g/mol. The van der Waals surface area contributed by atoms with Crippen molar-refractivity contribution in [3.63, 3.8) is 0 Å². The summed E-state index contributed by atoms with van der Waals surface area (Å²) in [5.41, 5.74) is 4.84. The summed E-state index contributed by atoms with van der Waals surface area (Å²) in [7, 11) is -5.26. The molecule has 2 fully saturated rings. The van der Waals surface area contributed by atoms with E-state index in [0.29, 0.717) is 5.56 Å². The van der Waals surface area contributed by atoms with E-state index in [1.54, 1.807) is 21.5 Å². The molecule has 0 saturated carbocycles. The Morgan fingerprint density at radius 1 is 1.04 bits per heavy atom. The van der Waals surface area contributed by atoms with Gasteiger partial charge in [0.2, 0.25) is 11.8 Å². The van der Waals surface area contributed by atoms with Crippen molar-refractivity contribution in [1.82, 2.24) is 30.1 Å². The number of carbonyl (C=O) groups excluding carboxylic acids is 3. The van der Waals surface area contributed by atoms with Gasteiger partial charge in [-0.1, -0.05) is 60.7 Å². The van der Waals surface area contributed by atoms with E-state index in [1.165, 1.54) is 45.5 Å². The van der Waals surface area contributed by atoms with Gasteiger partial charge in [-0.05, 0) is 34.9 Å². The maximum absolute atomic E-state index is 14.3. The van der Waals surface area contributed by atoms with Crippen LogP contribution < -0.4 is 78.7 Å².